The van der Waals surface area contributed by atoms with Gasteiger partial charge in [-0.25, -0.2) is 0 Å². The summed E-state index contributed by atoms with van der Waals surface area (Å²) in [6.45, 7) is 2.01. The van der Waals surface area contributed by atoms with Crippen LogP contribution < -0.4 is 4.74 Å². The molecule has 0 fully saturated rings. The molecule has 0 saturated heterocycles. The first-order chi connectivity index (χ1) is 11.6. The summed E-state index contributed by atoms with van der Waals surface area (Å²) in [6.07, 6.45) is 0. The number of ether oxygens (including phenoxy) is 2. The number of esters is 1. The average molecular weight is 324 g/mol. The van der Waals surface area contributed by atoms with Gasteiger partial charge >= 0.3 is 5.97 Å². The van der Waals surface area contributed by atoms with Crippen LogP contribution in [0.4, 0.5) is 0 Å². The number of rotatable bonds is 5. The molecule has 0 radical (unpaired) electrons. The molecular weight excluding hydrogens is 308 g/mol. The SMILES string of the molecule is CCOC(=O)C1C(=O)c2cccc(OCc3ccccc3)c2C1=O. The molecule has 5 heteroatoms. The summed E-state index contributed by atoms with van der Waals surface area (Å²) in [5.74, 6) is -3.00. The fourth-order valence-corrected chi connectivity index (χ4v) is 2.70. The third-order valence-electron chi connectivity index (χ3n) is 3.82. The molecule has 24 heavy (non-hydrogen) atoms. The maximum absolute atomic E-state index is 12.6. The zero-order valence-corrected chi connectivity index (χ0v) is 13.2. The highest BCUT2D eigenvalue weighted by Gasteiger charge is 2.46. The van der Waals surface area contributed by atoms with Gasteiger partial charge < -0.3 is 9.47 Å². The largest absolute Gasteiger partial charge is 0.488 e. The molecule has 1 unspecified atom stereocenters. The molecule has 0 aliphatic heterocycles. The standard InChI is InChI=1S/C19H16O5/c1-2-23-19(22)16-17(20)13-9-6-10-14(15(13)18(16)21)24-11-12-7-4-3-5-8-12/h3-10,16H,2,11H2,1H3. The van der Waals surface area contributed by atoms with Gasteiger partial charge in [-0.2, -0.15) is 0 Å². The van der Waals surface area contributed by atoms with Crippen molar-refractivity contribution in [2.24, 2.45) is 5.92 Å². The van der Waals surface area contributed by atoms with E-state index < -0.39 is 23.5 Å². The van der Waals surface area contributed by atoms with E-state index in [4.69, 9.17) is 9.47 Å². The van der Waals surface area contributed by atoms with Crippen molar-refractivity contribution in [3.63, 3.8) is 0 Å². The second kappa shape index (κ2) is 6.66. The van der Waals surface area contributed by atoms with Crippen LogP contribution in [0, 0.1) is 5.92 Å². The molecule has 122 valence electrons. The van der Waals surface area contributed by atoms with Gasteiger partial charge in [0, 0.05) is 5.56 Å². The van der Waals surface area contributed by atoms with Gasteiger partial charge in [0.15, 0.2) is 17.5 Å². The fourth-order valence-electron chi connectivity index (χ4n) is 2.70. The molecule has 0 N–H and O–H groups in total. The van der Waals surface area contributed by atoms with E-state index in [-0.39, 0.29) is 24.3 Å². The Kier molecular flexibility index (Phi) is 4.42. The molecule has 1 aliphatic rings. The van der Waals surface area contributed by atoms with Gasteiger partial charge in [0.2, 0.25) is 0 Å². The lowest BCUT2D eigenvalue weighted by molar-refractivity contribution is -0.144. The number of ketones is 2. The van der Waals surface area contributed by atoms with Crippen LogP contribution in [-0.4, -0.2) is 24.1 Å². The van der Waals surface area contributed by atoms with Crippen molar-refractivity contribution in [1.29, 1.82) is 0 Å². The number of Topliss-reactive ketones (excluding diaryl/α,β-unsaturated/α-hetero) is 2. The molecular formula is C19H16O5. The molecule has 5 nitrogen and oxygen atoms in total. The van der Waals surface area contributed by atoms with Crippen molar-refractivity contribution >= 4 is 17.5 Å². The summed E-state index contributed by atoms with van der Waals surface area (Å²) in [4.78, 5) is 36.8. The van der Waals surface area contributed by atoms with Crippen molar-refractivity contribution in [3.05, 3.63) is 65.2 Å². The minimum Gasteiger partial charge on any atom is -0.488 e. The number of carbonyl (C=O) groups excluding carboxylic acids is 3. The summed E-state index contributed by atoms with van der Waals surface area (Å²) in [6, 6.07) is 14.3. The van der Waals surface area contributed by atoms with Crippen molar-refractivity contribution in [1.82, 2.24) is 0 Å². The minimum atomic E-state index is -1.42. The minimum absolute atomic E-state index is 0.115. The van der Waals surface area contributed by atoms with Crippen molar-refractivity contribution in [2.45, 2.75) is 13.5 Å². The van der Waals surface area contributed by atoms with Crippen LogP contribution in [0.3, 0.4) is 0 Å². The van der Waals surface area contributed by atoms with Crippen molar-refractivity contribution in [2.75, 3.05) is 6.61 Å². The molecule has 2 aromatic rings. The lowest BCUT2D eigenvalue weighted by atomic mass is 10.0. The Bertz CT molecular complexity index is 795. The Morgan fingerprint density at radius 1 is 1.00 bits per heavy atom. The van der Waals surface area contributed by atoms with Crippen LogP contribution in [0.2, 0.25) is 0 Å². The highest BCUT2D eigenvalue weighted by molar-refractivity contribution is 6.35. The quantitative estimate of drug-likeness (QED) is 0.625. The van der Waals surface area contributed by atoms with Gasteiger partial charge in [-0.1, -0.05) is 42.5 Å². The van der Waals surface area contributed by atoms with E-state index in [1.54, 1.807) is 19.1 Å². The number of hydrogen-bond acceptors (Lipinski definition) is 5. The van der Waals surface area contributed by atoms with Crippen molar-refractivity contribution in [3.8, 4) is 5.75 Å². The zero-order valence-electron chi connectivity index (χ0n) is 13.2. The van der Waals surface area contributed by atoms with E-state index in [1.165, 1.54) is 6.07 Å². The van der Waals surface area contributed by atoms with Gasteiger partial charge in [0.1, 0.15) is 12.4 Å². The molecule has 0 amide bonds. The maximum atomic E-state index is 12.6. The van der Waals surface area contributed by atoms with Gasteiger partial charge in [-0.15, -0.1) is 0 Å². The van der Waals surface area contributed by atoms with Crippen LogP contribution in [0.5, 0.6) is 5.75 Å². The van der Waals surface area contributed by atoms with E-state index in [9.17, 15) is 14.4 Å². The third-order valence-corrected chi connectivity index (χ3v) is 3.82. The first kappa shape index (κ1) is 15.9. The lowest BCUT2D eigenvalue weighted by Gasteiger charge is -2.10. The average Bonchev–Trinajstić information content (AvgIpc) is 2.86. The predicted molar refractivity (Wildman–Crippen MR) is 86.0 cm³/mol. The highest BCUT2D eigenvalue weighted by atomic mass is 16.5. The first-order valence-electron chi connectivity index (χ1n) is 7.68. The highest BCUT2D eigenvalue weighted by Crippen LogP contribution is 2.34. The molecule has 0 aromatic heterocycles. The Labute approximate surface area is 139 Å². The number of carbonyl (C=O) groups is 3. The maximum Gasteiger partial charge on any atom is 0.324 e. The predicted octanol–water partition coefficient (Wildman–Crippen LogP) is 2.82. The van der Waals surface area contributed by atoms with Crippen LogP contribution in [0.15, 0.2) is 48.5 Å². The zero-order chi connectivity index (χ0) is 17.1. The van der Waals surface area contributed by atoms with Gasteiger partial charge in [0.25, 0.3) is 0 Å². The van der Waals surface area contributed by atoms with E-state index in [0.29, 0.717) is 5.75 Å². The number of benzene rings is 2. The van der Waals surface area contributed by atoms with Gasteiger partial charge in [0.05, 0.1) is 12.2 Å². The van der Waals surface area contributed by atoms with Crippen LogP contribution in [0.25, 0.3) is 0 Å². The van der Waals surface area contributed by atoms with Gasteiger partial charge in [-0.3, -0.25) is 14.4 Å². The molecule has 0 spiro atoms. The van der Waals surface area contributed by atoms with E-state index in [1.807, 2.05) is 30.3 Å². The fraction of sp³-hybridized carbons (Fsp3) is 0.211. The van der Waals surface area contributed by atoms with Crippen molar-refractivity contribution < 1.29 is 23.9 Å². The normalized spacial score (nSPS) is 16.0. The van der Waals surface area contributed by atoms with Gasteiger partial charge in [-0.05, 0) is 18.6 Å². The van der Waals surface area contributed by atoms with Crippen LogP contribution >= 0.6 is 0 Å². The van der Waals surface area contributed by atoms with E-state index in [2.05, 4.69) is 0 Å². The summed E-state index contributed by atoms with van der Waals surface area (Å²) in [5.41, 5.74) is 1.31. The van der Waals surface area contributed by atoms with Crippen LogP contribution in [0.1, 0.15) is 33.2 Å². The Morgan fingerprint density at radius 2 is 1.75 bits per heavy atom. The Hall–Kier alpha value is -2.95. The van der Waals surface area contributed by atoms with E-state index >= 15 is 0 Å². The third kappa shape index (κ3) is 2.80. The Morgan fingerprint density at radius 3 is 2.46 bits per heavy atom. The molecule has 0 heterocycles. The van der Waals surface area contributed by atoms with Crippen LogP contribution in [-0.2, 0) is 16.1 Å². The molecule has 1 atom stereocenters. The first-order valence-corrected chi connectivity index (χ1v) is 7.68. The number of fused-ring (bicyclic) bond motifs is 1. The summed E-state index contributed by atoms with van der Waals surface area (Å²) >= 11 is 0. The molecule has 1 aliphatic carbocycles. The second-order valence-electron chi connectivity index (χ2n) is 5.37. The van der Waals surface area contributed by atoms with E-state index in [0.717, 1.165) is 5.56 Å². The monoisotopic (exact) mass is 324 g/mol. The molecule has 3 rings (SSSR count). The summed E-state index contributed by atoms with van der Waals surface area (Å²) in [7, 11) is 0. The topological polar surface area (TPSA) is 69.7 Å². The lowest BCUT2D eigenvalue weighted by Crippen LogP contribution is -2.27. The molecule has 0 saturated carbocycles. The molecule has 0 bridgehead atoms. The Balaban J connectivity index is 1.88. The summed E-state index contributed by atoms with van der Waals surface area (Å²) < 4.78 is 10.6. The number of hydrogen-bond donors (Lipinski definition) is 0. The smallest absolute Gasteiger partial charge is 0.324 e. The second-order valence-corrected chi connectivity index (χ2v) is 5.37. The molecule has 2 aromatic carbocycles. The summed E-state index contributed by atoms with van der Waals surface area (Å²) in [5, 5.41) is 0.